The van der Waals surface area contributed by atoms with Gasteiger partial charge in [0.2, 0.25) is 0 Å². The van der Waals surface area contributed by atoms with Crippen molar-refractivity contribution < 1.29 is 9.31 Å². The van der Waals surface area contributed by atoms with Crippen LogP contribution in [0.15, 0.2) is 16.6 Å². The van der Waals surface area contributed by atoms with E-state index in [9.17, 15) is 14.5 Å². The van der Waals surface area contributed by atoms with Gasteiger partial charge in [0.25, 0.3) is 5.69 Å². The quantitative estimate of drug-likeness (QED) is 0.654. The molecule has 0 heterocycles. The number of nitro groups is 1. The van der Waals surface area contributed by atoms with Crippen molar-refractivity contribution in [1.29, 1.82) is 0 Å². The molecule has 104 valence electrons. The zero-order chi connectivity index (χ0) is 14.0. The molecule has 2 atom stereocenters. The molecule has 0 aromatic heterocycles. The molecular weight excluding hydrogens is 335 g/mol. The Labute approximate surface area is 123 Å². The van der Waals surface area contributed by atoms with Crippen LogP contribution in [0, 0.1) is 15.9 Å². The predicted octanol–water partition coefficient (Wildman–Crippen LogP) is 4.19. The fourth-order valence-electron chi connectivity index (χ4n) is 2.31. The van der Waals surface area contributed by atoms with E-state index in [1.807, 2.05) is 11.8 Å². The lowest BCUT2D eigenvalue weighted by Gasteiger charge is -2.14. The Morgan fingerprint density at radius 2 is 2.26 bits per heavy atom. The van der Waals surface area contributed by atoms with E-state index in [1.165, 1.54) is 6.07 Å². The van der Waals surface area contributed by atoms with Crippen molar-refractivity contribution in [3.8, 4) is 0 Å². The molecule has 0 bridgehead atoms. The van der Waals surface area contributed by atoms with E-state index < -0.39 is 10.7 Å². The van der Waals surface area contributed by atoms with Crippen LogP contribution in [-0.2, 0) is 0 Å². The van der Waals surface area contributed by atoms with Gasteiger partial charge in [-0.15, -0.1) is 0 Å². The molecule has 0 amide bonds. The van der Waals surface area contributed by atoms with Gasteiger partial charge in [-0.3, -0.25) is 10.1 Å². The predicted molar refractivity (Wildman–Crippen MR) is 79.3 cm³/mol. The molecule has 1 aliphatic carbocycles. The molecule has 19 heavy (non-hydrogen) atoms. The fraction of sp³-hybridized carbons (Fsp3) is 0.500. The van der Waals surface area contributed by atoms with Crippen molar-refractivity contribution in [2.24, 2.45) is 0 Å². The Morgan fingerprint density at radius 1 is 1.53 bits per heavy atom. The molecule has 0 radical (unpaired) electrons. The maximum Gasteiger partial charge on any atom is 0.295 e. The van der Waals surface area contributed by atoms with Crippen LogP contribution in [0.1, 0.15) is 19.3 Å². The van der Waals surface area contributed by atoms with Crippen molar-refractivity contribution in [2.75, 3.05) is 11.6 Å². The number of rotatable bonds is 4. The summed E-state index contributed by atoms with van der Waals surface area (Å²) < 4.78 is 13.6. The first-order valence-corrected chi connectivity index (χ1v) is 8.02. The van der Waals surface area contributed by atoms with Gasteiger partial charge in [0.1, 0.15) is 11.5 Å². The first-order chi connectivity index (χ1) is 9.01. The standard InChI is InChI=1S/C12H14BrFN2O2S/c1-19-8-3-2-7(4-8)15-11-5-9(13)10(14)6-12(11)16(17)18/h5-8,15H,2-4H2,1H3. The number of halogens is 2. The number of hydrogen-bond acceptors (Lipinski definition) is 4. The summed E-state index contributed by atoms with van der Waals surface area (Å²) in [5.74, 6) is -0.620. The number of nitro benzene ring substituents is 1. The highest BCUT2D eigenvalue weighted by Gasteiger charge is 2.26. The van der Waals surface area contributed by atoms with Crippen LogP contribution in [0.4, 0.5) is 15.8 Å². The van der Waals surface area contributed by atoms with Crippen molar-refractivity contribution in [2.45, 2.75) is 30.6 Å². The van der Waals surface area contributed by atoms with Crippen LogP contribution in [0.3, 0.4) is 0 Å². The van der Waals surface area contributed by atoms with Gasteiger partial charge in [-0.1, -0.05) is 0 Å². The second-order valence-electron chi connectivity index (χ2n) is 4.55. The van der Waals surface area contributed by atoms with Gasteiger partial charge in [0.15, 0.2) is 0 Å². The van der Waals surface area contributed by atoms with E-state index in [0.29, 0.717) is 10.9 Å². The zero-order valence-corrected chi connectivity index (χ0v) is 12.8. The molecule has 4 nitrogen and oxygen atoms in total. The monoisotopic (exact) mass is 348 g/mol. The summed E-state index contributed by atoms with van der Waals surface area (Å²) in [4.78, 5) is 10.4. The molecule has 1 aliphatic rings. The number of anilines is 1. The smallest absolute Gasteiger partial charge is 0.295 e. The SMILES string of the molecule is CSC1CCC(Nc2cc(Br)c(F)cc2[N+](=O)[O-])C1. The van der Waals surface area contributed by atoms with Crippen LogP contribution in [0.25, 0.3) is 0 Å². The highest BCUT2D eigenvalue weighted by atomic mass is 79.9. The summed E-state index contributed by atoms with van der Waals surface area (Å²) in [7, 11) is 0. The van der Waals surface area contributed by atoms with E-state index in [4.69, 9.17) is 0 Å². The Hall–Kier alpha value is -0.820. The third kappa shape index (κ3) is 3.39. The average molecular weight is 349 g/mol. The Morgan fingerprint density at radius 3 is 2.84 bits per heavy atom. The van der Waals surface area contributed by atoms with Crippen LogP contribution in [0.5, 0.6) is 0 Å². The van der Waals surface area contributed by atoms with Gasteiger partial charge in [-0.2, -0.15) is 11.8 Å². The van der Waals surface area contributed by atoms with E-state index in [1.54, 1.807) is 0 Å². The van der Waals surface area contributed by atoms with E-state index in [-0.39, 0.29) is 16.2 Å². The van der Waals surface area contributed by atoms with Crippen LogP contribution >= 0.6 is 27.7 Å². The molecule has 1 saturated carbocycles. The van der Waals surface area contributed by atoms with Gasteiger partial charge >= 0.3 is 0 Å². The summed E-state index contributed by atoms with van der Waals surface area (Å²) in [5.41, 5.74) is 0.165. The second-order valence-corrected chi connectivity index (χ2v) is 6.55. The van der Waals surface area contributed by atoms with Crippen molar-refractivity contribution >= 4 is 39.1 Å². The minimum Gasteiger partial charge on any atom is -0.377 e. The Bertz CT molecular complexity index is 501. The summed E-state index contributed by atoms with van der Waals surface area (Å²) in [6.07, 6.45) is 5.14. The van der Waals surface area contributed by atoms with E-state index >= 15 is 0 Å². The molecular formula is C12H14BrFN2O2S. The lowest BCUT2D eigenvalue weighted by atomic mass is 10.2. The summed E-state index contributed by atoms with van der Waals surface area (Å²) in [6, 6.07) is 2.61. The molecule has 1 aromatic rings. The van der Waals surface area contributed by atoms with E-state index in [0.717, 1.165) is 25.3 Å². The third-order valence-electron chi connectivity index (χ3n) is 3.31. The highest BCUT2D eigenvalue weighted by Crippen LogP contribution is 2.35. The largest absolute Gasteiger partial charge is 0.377 e. The molecule has 7 heteroatoms. The lowest BCUT2D eigenvalue weighted by molar-refractivity contribution is -0.384. The van der Waals surface area contributed by atoms with Crippen molar-refractivity contribution in [1.82, 2.24) is 0 Å². The minimum atomic E-state index is -0.620. The summed E-state index contributed by atoms with van der Waals surface area (Å²) in [5, 5.41) is 14.7. The molecule has 0 aliphatic heterocycles. The first-order valence-electron chi connectivity index (χ1n) is 5.94. The maximum atomic E-state index is 13.4. The number of nitrogens with zero attached hydrogens (tertiary/aromatic N) is 1. The van der Waals surface area contributed by atoms with Crippen LogP contribution in [0.2, 0.25) is 0 Å². The van der Waals surface area contributed by atoms with Gasteiger partial charge in [-0.05, 0) is 47.5 Å². The van der Waals surface area contributed by atoms with Gasteiger partial charge in [0.05, 0.1) is 15.5 Å². The fourth-order valence-corrected chi connectivity index (χ4v) is 3.45. The first kappa shape index (κ1) is 14.6. The average Bonchev–Trinajstić information content (AvgIpc) is 2.81. The third-order valence-corrected chi connectivity index (χ3v) is 5.02. The molecule has 0 spiro atoms. The van der Waals surface area contributed by atoms with Crippen LogP contribution in [-0.4, -0.2) is 22.5 Å². The second kappa shape index (κ2) is 6.09. The maximum absolute atomic E-state index is 13.4. The van der Waals surface area contributed by atoms with Crippen molar-refractivity contribution in [3.63, 3.8) is 0 Å². The topological polar surface area (TPSA) is 55.2 Å². The highest BCUT2D eigenvalue weighted by molar-refractivity contribution is 9.10. The Kier molecular flexibility index (Phi) is 4.67. The molecule has 2 unspecified atom stereocenters. The number of benzene rings is 1. The number of nitrogens with one attached hydrogen (secondary N) is 1. The van der Waals surface area contributed by atoms with Gasteiger partial charge < -0.3 is 5.32 Å². The van der Waals surface area contributed by atoms with Crippen LogP contribution < -0.4 is 5.32 Å². The summed E-state index contributed by atoms with van der Waals surface area (Å²) >= 11 is 4.88. The number of thioether (sulfide) groups is 1. The normalized spacial score (nSPS) is 22.5. The molecule has 1 N–H and O–H groups in total. The summed E-state index contributed by atoms with van der Waals surface area (Å²) in [6.45, 7) is 0. The Balaban J connectivity index is 2.20. The molecule has 0 saturated heterocycles. The molecule has 1 aromatic carbocycles. The molecule has 1 fully saturated rings. The zero-order valence-electron chi connectivity index (χ0n) is 10.4. The number of hydrogen-bond donors (Lipinski definition) is 1. The van der Waals surface area contributed by atoms with Crippen molar-refractivity contribution in [3.05, 3.63) is 32.5 Å². The van der Waals surface area contributed by atoms with E-state index in [2.05, 4.69) is 27.5 Å². The molecule has 2 rings (SSSR count). The minimum absolute atomic E-state index is 0.215. The van der Waals surface area contributed by atoms with Gasteiger partial charge in [0, 0.05) is 11.3 Å². The lowest BCUT2D eigenvalue weighted by Crippen LogP contribution is -2.17. The van der Waals surface area contributed by atoms with Gasteiger partial charge in [-0.25, -0.2) is 4.39 Å².